The van der Waals surface area contributed by atoms with Crippen LogP contribution in [-0.4, -0.2) is 43.2 Å². The van der Waals surface area contributed by atoms with Crippen LogP contribution in [0, 0.1) is 5.92 Å². The van der Waals surface area contributed by atoms with Crippen molar-refractivity contribution >= 4 is 5.91 Å². The summed E-state index contributed by atoms with van der Waals surface area (Å²) in [6, 6.07) is 0.242. The predicted molar refractivity (Wildman–Crippen MR) is 54.8 cm³/mol. The molecule has 0 aromatic heterocycles. The van der Waals surface area contributed by atoms with Crippen molar-refractivity contribution < 1.29 is 9.53 Å². The highest BCUT2D eigenvalue weighted by molar-refractivity contribution is 5.77. The van der Waals surface area contributed by atoms with Gasteiger partial charge in [0.25, 0.3) is 0 Å². The molecular formula is C10H20N2O2. The number of rotatable bonds is 3. The summed E-state index contributed by atoms with van der Waals surface area (Å²) in [6.07, 6.45) is 0.902. The molecule has 1 saturated heterocycles. The fourth-order valence-electron chi connectivity index (χ4n) is 1.67. The monoisotopic (exact) mass is 200 g/mol. The lowest BCUT2D eigenvalue weighted by Crippen LogP contribution is -2.49. The number of nitrogens with two attached hydrogens (primary N) is 1. The third kappa shape index (κ3) is 2.96. The maximum Gasteiger partial charge on any atom is 0.248 e. The quantitative estimate of drug-likeness (QED) is 0.709. The predicted octanol–water partition coefficient (Wildman–Crippen LogP) is 0.219. The molecule has 2 N–H and O–H groups in total. The lowest BCUT2D eigenvalue weighted by molar-refractivity contribution is -0.137. The number of hydrogen-bond acceptors (Lipinski definition) is 3. The van der Waals surface area contributed by atoms with Gasteiger partial charge in [0.1, 0.15) is 6.61 Å². The van der Waals surface area contributed by atoms with E-state index >= 15 is 0 Å². The van der Waals surface area contributed by atoms with Crippen molar-refractivity contribution in [3.05, 3.63) is 0 Å². The van der Waals surface area contributed by atoms with Crippen LogP contribution in [0.15, 0.2) is 0 Å². The lowest BCUT2D eigenvalue weighted by Gasteiger charge is -2.35. The summed E-state index contributed by atoms with van der Waals surface area (Å²) in [4.78, 5) is 13.4. The van der Waals surface area contributed by atoms with Crippen LogP contribution >= 0.6 is 0 Å². The van der Waals surface area contributed by atoms with Gasteiger partial charge < -0.3 is 15.4 Å². The molecule has 1 amide bonds. The Morgan fingerprint density at radius 1 is 1.64 bits per heavy atom. The van der Waals surface area contributed by atoms with E-state index in [1.165, 1.54) is 0 Å². The average molecular weight is 200 g/mol. The second-order valence-electron chi connectivity index (χ2n) is 3.91. The van der Waals surface area contributed by atoms with Crippen molar-refractivity contribution in [3.63, 3.8) is 0 Å². The Kier molecular flexibility index (Phi) is 4.35. The summed E-state index contributed by atoms with van der Waals surface area (Å²) in [7, 11) is 0. The average Bonchev–Trinajstić information content (AvgIpc) is 2.18. The maximum absolute atomic E-state index is 11.6. The number of ether oxygens (including phenoxy) is 1. The minimum absolute atomic E-state index is 0.0885. The maximum atomic E-state index is 11.6. The van der Waals surface area contributed by atoms with Crippen molar-refractivity contribution in [2.75, 3.05) is 26.3 Å². The summed E-state index contributed by atoms with van der Waals surface area (Å²) in [5.41, 5.74) is 5.87. The molecule has 4 heteroatoms. The van der Waals surface area contributed by atoms with Gasteiger partial charge >= 0.3 is 0 Å². The fourth-order valence-corrected chi connectivity index (χ4v) is 1.67. The Bertz CT molecular complexity index is 197. The third-order valence-corrected chi connectivity index (χ3v) is 2.75. The molecule has 14 heavy (non-hydrogen) atoms. The number of carbonyl (C=O) groups is 1. The van der Waals surface area contributed by atoms with Crippen molar-refractivity contribution in [1.82, 2.24) is 4.90 Å². The zero-order valence-electron chi connectivity index (χ0n) is 9.03. The van der Waals surface area contributed by atoms with Gasteiger partial charge in [-0.25, -0.2) is 0 Å². The van der Waals surface area contributed by atoms with Crippen LogP contribution in [0.3, 0.4) is 0 Å². The summed E-state index contributed by atoms with van der Waals surface area (Å²) in [5, 5.41) is 0. The number of piperidine rings is 1. The molecule has 1 rings (SSSR count). The first kappa shape index (κ1) is 11.5. The molecule has 0 saturated carbocycles. The van der Waals surface area contributed by atoms with Crippen LogP contribution in [0.4, 0.5) is 0 Å². The summed E-state index contributed by atoms with van der Waals surface area (Å²) >= 11 is 0. The molecule has 1 fully saturated rings. The first-order valence-corrected chi connectivity index (χ1v) is 5.26. The molecule has 1 heterocycles. The van der Waals surface area contributed by atoms with Gasteiger partial charge in [0, 0.05) is 25.7 Å². The summed E-state index contributed by atoms with van der Waals surface area (Å²) in [5.74, 6) is 0.486. The minimum Gasteiger partial charge on any atom is -0.372 e. The zero-order chi connectivity index (χ0) is 10.6. The lowest BCUT2D eigenvalue weighted by atomic mass is 9.95. The van der Waals surface area contributed by atoms with Gasteiger partial charge in [-0.05, 0) is 19.3 Å². The molecule has 2 atom stereocenters. The highest BCUT2D eigenvalue weighted by Crippen LogP contribution is 2.14. The van der Waals surface area contributed by atoms with Crippen molar-refractivity contribution in [1.29, 1.82) is 0 Å². The Balaban J connectivity index is 2.34. The van der Waals surface area contributed by atoms with E-state index < -0.39 is 0 Å². The van der Waals surface area contributed by atoms with Crippen molar-refractivity contribution in [2.24, 2.45) is 11.7 Å². The number of nitrogens with zero attached hydrogens (tertiary/aromatic N) is 1. The molecular weight excluding hydrogens is 180 g/mol. The molecule has 0 aliphatic carbocycles. The first-order valence-electron chi connectivity index (χ1n) is 5.26. The molecule has 0 bridgehead atoms. The Labute approximate surface area is 85.4 Å². The Morgan fingerprint density at radius 2 is 2.36 bits per heavy atom. The second-order valence-corrected chi connectivity index (χ2v) is 3.91. The smallest absolute Gasteiger partial charge is 0.248 e. The van der Waals surface area contributed by atoms with Gasteiger partial charge in [0.2, 0.25) is 5.91 Å². The Hall–Kier alpha value is -0.610. The van der Waals surface area contributed by atoms with E-state index in [2.05, 4.69) is 6.92 Å². The van der Waals surface area contributed by atoms with E-state index in [4.69, 9.17) is 10.5 Å². The van der Waals surface area contributed by atoms with E-state index in [1.807, 2.05) is 11.8 Å². The number of amides is 1. The van der Waals surface area contributed by atoms with Gasteiger partial charge in [-0.15, -0.1) is 0 Å². The molecule has 1 aliphatic rings. The van der Waals surface area contributed by atoms with E-state index in [9.17, 15) is 4.79 Å². The highest BCUT2D eigenvalue weighted by atomic mass is 16.5. The summed E-state index contributed by atoms with van der Waals surface area (Å²) in [6.45, 7) is 6.32. The summed E-state index contributed by atoms with van der Waals surface area (Å²) < 4.78 is 5.09. The van der Waals surface area contributed by atoms with Crippen molar-refractivity contribution in [3.8, 4) is 0 Å². The van der Waals surface area contributed by atoms with Gasteiger partial charge in [-0.1, -0.05) is 6.92 Å². The van der Waals surface area contributed by atoms with Crippen LogP contribution < -0.4 is 5.73 Å². The topological polar surface area (TPSA) is 55.6 Å². The first-order chi connectivity index (χ1) is 6.65. The molecule has 4 nitrogen and oxygen atoms in total. The number of likely N-dealkylation sites (tertiary alicyclic amines) is 1. The molecule has 1 aliphatic heterocycles. The molecule has 0 radical (unpaired) electrons. The van der Waals surface area contributed by atoms with Gasteiger partial charge in [-0.2, -0.15) is 0 Å². The van der Waals surface area contributed by atoms with Gasteiger partial charge in [0.15, 0.2) is 0 Å². The van der Waals surface area contributed by atoms with E-state index in [0.717, 1.165) is 19.5 Å². The second kappa shape index (κ2) is 5.32. The van der Waals surface area contributed by atoms with Gasteiger partial charge in [0.05, 0.1) is 0 Å². The zero-order valence-corrected chi connectivity index (χ0v) is 9.03. The van der Waals surface area contributed by atoms with E-state index in [-0.39, 0.29) is 18.6 Å². The third-order valence-electron chi connectivity index (χ3n) is 2.75. The number of carbonyl (C=O) groups excluding carboxylic acids is 1. The number of hydrogen-bond donors (Lipinski definition) is 1. The fraction of sp³-hybridized carbons (Fsp3) is 0.900. The van der Waals surface area contributed by atoms with E-state index in [1.54, 1.807) is 0 Å². The van der Waals surface area contributed by atoms with E-state index in [0.29, 0.717) is 12.5 Å². The van der Waals surface area contributed by atoms with Gasteiger partial charge in [-0.3, -0.25) is 4.79 Å². The molecule has 0 aromatic rings. The Morgan fingerprint density at radius 3 is 2.93 bits per heavy atom. The molecule has 0 spiro atoms. The molecule has 82 valence electrons. The van der Waals surface area contributed by atoms with Crippen LogP contribution in [0.1, 0.15) is 20.3 Å². The molecule has 0 aromatic carbocycles. The van der Waals surface area contributed by atoms with Crippen LogP contribution in [0.2, 0.25) is 0 Å². The largest absolute Gasteiger partial charge is 0.372 e. The molecule has 2 unspecified atom stereocenters. The van der Waals surface area contributed by atoms with Crippen molar-refractivity contribution in [2.45, 2.75) is 26.3 Å². The van der Waals surface area contributed by atoms with Crippen LogP contribution in [0.25, 0.3) is 0 Å². The van der Waals surface area contributed by atoms with Crippen LogP contribution in [-0.2, 0) is 9.53 Å². The van der Waals surface area contributed by atoms with Crippen LogP contribution in [0.5, 0.6) is 0 Å². The standard InChI is InChI=1S/C10H20N2O2/c1-3-14-7-10(13)12-5-4-9(11)8(2)6-12/h8-9H,3-7,11H2,1-2H3. The normalized spacial score (nSPS) is 27.8. The highest BCUT2D eigenvalue weighted by Gasteiger charge is 2.25. The minimum atomic E-state index is 0.0885. The SMILES string of the molecule is CCOCC(=O)N1CCC(N)C(C)C1.